The fourth-order valence-corrected chi connectivity index (χ4v) is 3.29. The van der Waals surface area contributed by atoms with Crippen molar-refractivity contribution in [1.82, 2.24) is 4.98 Å². The van der Waals surface area contributed by atoms with Crippen LogP contribution in [0.5, 0.6) is 11.5 Å². The molecule has 2 N–H and O–H groups in total. The number of phenolic OH excluding ortho intramolecular Hbond substituents is 2. The van der Waals surface area contributed by atoms with E-state index < -0.39 is 0 Å². The Hall–Kier alpha value is -2.56. The third-order valence-corrected chi connectivity index (χ3v) is 4.50. The number of benzene rings is 1. The predicted molar refractivity (Wildman–Crippen MR) is 92.1 cm³/mol. The van der Waals surface area contributed by atoms with Crippen molar-refractivity contribution in [2.75, 3.05) is 4.90 Å². The highest BCUT2D eigenvalue weighted by Gasteiger charge is 2.27. The number of hydrogen-bond donors (Lipinski definition) is 2. The average Bonchev–Trinajstić information content (AvgIpc) is 2.60. The lowest BCUT2D eigenvalue weighted by Gasteiger charge is -2.33. The lowest BCUT2D eigenvalue weighted by atomic mass is 9.93. The van der Waals surface area contributed by atoms with Gasteiger partial charge in [-0.15, -0.1) is 0 Å². The van der Waals surface area contributed by atoms with Crippen LogP contribution in [0.15, 0.2) is 42.6 Å². The fraction of sp³-hybridized carbons (Fsp3) is 0.368. The number of pyridine rings is 1. The summed E-state index contributed by atoms with van der Waals surface area (Å²) in [5, 5.41) is 19.0. The van der Waals surface area contributed by atoms with E-state index in [0.717, 1.165) is 25.7 Å². The quantitative estimate of drug-likeness (QED) is 0.845. The van der Waals surface area contributed by atoms with Crippen molar-refractivity contribution >= 4 is 11.7 Å². The maximum Gasteiger partial charge on any atom is 0.232 e. The molecule has 2 aromatic rings. The molecular weight excluding hydrogens is 304 g/mol. The smallest absolute Gasteiger partial charge is 0.232 e. The molecule has 1 heterocycles. The molecule has 0 aliphatic heterocycles. The van der Waals surface area contributed by atoms with Gasteiger partial charge in [0.25, 0.3) is 0 Å². The third kappa shape index (κ3) is 3.67. The van der Waals surface area contributed by atoms with Crippen molar-refractivity contribution < 1.29 is 15.0 Å². The molecule has 0 spiro atoms. The van der Waals surface area contributed by atoms with E-state index >= 15 is 0 Å². The Bertz CT molecular complexity index is 697. The van der Waals surface area contributed by atoms with Gasteiger partial charge in [-0.05, 0) is 42.7 Å². The molecule has 0 radical (unpaired) electrons. The van der Waals surface area contributed by atoms with Crippen LogP contribution in [0.4, 0.5) is 5.82 Å². The van der Waals surface area contributed by atoms with E-state index in [4.69, 9.17) is 0 Å². The Balaban J connectivity index is 1.84. The number of aromatic nitrogens is 1. The van der Waals surface area contributed by atoms with Crippen LogP contribution < -0.4 is 4.90 Å². The van der Waals surface area contributed by atoms with E-state index in [1.807, 2.05) is 23.1 Å². The van der Waals surface area contributed by atoms with Crippen LogP contribution in [-0.2, 0) is 11.2 Å². The van der Waals surface area contributed by atoms with Gasteiger partial charge < -0.3 is 10.2 Å². The zero-order valence-corrected chi connectivity index (χ0v) is 13.6. The summed E-state index contributed by atoms with van der Waals surface area (Å²) < 4.78 is 0. The molecule has 1 aliphatic carbocycles. The van der Waals surface area contributed by atoms with Gasteiger partial charge >= 0.3 is 0 Å². The number of amides is 1. The van der Waals surface area contributed by atoms with Crippen molar-refractivity contribution in [1.29, 1.82) is 0 Å². The number of aromatic hydroxyl groups is 2. The molecule has 1 amide bonds. The summed E-state index contributed by atoms with van der Waals surface area (Å²) in [6.07, 6.45) is 7.31. The minimum absolute atomic E-state index is 0.0364. The minimum atomic E-state index is -0.206. The van der Waals surface area contributed by atoms with Crippen LogP contribution in [0.2, 0.25) is 0 Å². The lowest BCUT2D eigenvalue weighted by molar-refractivity contribution is -0.118. The summed E-state index contributed by atoms with van der Waals surface area (Å²) in [7, 11) is 0. The van der Waals surface area contributed by atoms with Crippen molar-refractivity contribution in [3.63, 3.8) is 0 Å². The normalized spacial score (nSPS) is 15.2. The Morgan fingerprint density at radius 2 is 1.88 bits per heavy atom. The zero-order chi connectivity index (χ0) is 16.9. The second-order valence-corrected chi connectivity index (χ2v) is 6.24. The molecular formula is C19H22N2O3. The van der Waals surface area contributed by atoms with Crippen molar-refractivity contribution in [2.45, 2.75) is 44.6 Å². The van der Waals surface area contributed by atoms with E-state index in [2.05, 4.69) is 4.98 Å². The van der Waals surface area contributed by atoms with Crippen LogP contribution in [0.25, 0.3) is 0 Å². The highest BCUT2D eigenvalue weighted by molar-refractivity contribution is 5.94. The molecule has 0 unspecified atom stereocenters. The van der Waals surface area contributed by atoms with Crippen LogP contribution in [0, 0.1) is 0 Å². The second-order valence-electron chi connectivity index (χ2n) is 6.24. The highest BCUT2D eigenvalue weighted by Crippen LogP contribution is 2.28. The first kappa shape index (κ1) is 16.3. The van der Waals surface area contributed by atoms with Crippen LogP contribution in [0.1, 0.15) is 37.7 Å². The molecule has 0 bridgehead atoms. The highest BCUT2D eigenvalue weighted by atomic mass is 16.3. The van der Waals surface area contributed by atoms with Gasteiger partial charge in [0, 0.05) is 12.2 Å². The van der Waals surface area contributed by atoms with Gasteiger partial charge in [-0.1, -0.05) is 31.4 Å². The van der Waals surface area contributed by atoms with Crippen LogP contribution >= 0.6 is 0 Å². The molecule has 0 saturated heterocycles. The first-order chi connectivity index (χ1) is 11.6. The molecule has 3 rings (SSSR count). The summed E-state index contributed by atoms with van der Waals surface area (Å²) in [4.78, 5) is 19.1. The number of carbonyl (C=O) groups is 1. The molecule has 1 saturated carbocycles. The van der Waals surface area contributed by atoms with Crippen molar-refractivity contribution in [3.05, 3.63) is 48.2 Å². The summed E-state index contributed by atoms with van der Waals surface area (Å²) >= 11 is 0. The van der Waals surface area contributed by atoms with Gasteiger partial charge in [-0.25, -0.2) is 4.98 Å². The van der Waals surface area contributed by atoms with E-state index in [9.17, 15) is 15.0 Å². The summed E-state index contributed by atoms with van der Waals surface area (Å²) in [6.45, 7) is 0. The maximum absolute atomic E-state index is 13.0. The van der Waals surface area contributed by atoms with Gasteiger partial charge in [-0.3, -0.25) is 9.69 Å². The van der Waals surface area contributed by atoms with Crippen LogP contribution in [0.3, 0.4) is 0 Å². The van der Waals surface area contributed by atoms with Crippen molar-refractivity contribution in [2.24, 2.45) is 0 Å². The average molecular weight is 326 g/mol. The first-order valence-electron chi connectivity index (χ1n) is 8.39. The summed E-state index contributed by atoms with van der Waals surface area (Å²) in [5.74, 6) is 0.255. The molecule has 24 heavy (non-hydrogen) atoms. The Kier molecular flexibility index (Phi) is 4.99. The number of rotatable bonds is 4. The molecule has 1 aromatic carbocycles. The van der Waals surface area contributed by atoms with E-state index in [1.54, 1.807) is 12.3 Å². The topological polar surface area (TPSA) is 73.7 Å². The Labute approximate surface area is 141 Å². The number of nitrogens with zero attached hydrogens (tertiary/aromatic N) is 2. The number of phenols is 2. The lowest BCUT2D eigenvalue weighted by Crippen LogP contribution is -2.43. The number of anilines is 1. The van der Waals surface area contributed by atoms with E-state index in [0.29, 0.717) is 11.4 Å². The van der Waals surface area contributed by atoms with Crippen LogP contribution in [-0.4, -0.2) is 27.1 Å². The van der Waals surface area contributed by atoms with Gasteiger partial charge in [-0.2, -0.15) is 0 Å². The SMILES string of the molecule is O=C(Cc1ccc(O)c(O)c1)N(c1ccccn1)C1CCCCC1. The minimum Gasteiger partial charge on any atom is -0.504 e. The molecule has 0 atom stereocenters. The number of hydrogen-bond acceptors (Lipinski definition) is 4. The fourth-order valence-electron chi connectivity index (χ4n) is 3.29. The zero-order valence-electron chi connectivity index (χ0n) is 13.6. The second kappa shape index (κ2) is 7.34. The molecule has 1 fully saturated rings. The third-order valence-electron chi connectivity index (χ3n) is 4.50. The largest absolute Gasteiger partial charge is 0.504 e. The maximum atomic E-state index is 13.0. The summed E-state index contributed by atoms with van der Waals surface area (Å²) in [6, 6.07) is 10.3. The molecule has 1 aromatic heterocycles. The molecule has 5 heteroatoms. The van der Waals surface area contributed by atoms with Gasteiger partial charge in [0.15, 0.2) is 11.5 Å². The summed E-state index contributed by atoms with van der Waals surface area (Å²) in [5.41, 5.74) is 0.673. The first-order valence-corrected chi connectivity index (χ1v) is 8.39. The molecule has 1 aliphatic rings. The van der Waals surface area contributed by atoms with Gasteiger partial charge in [0.1, 0.15) is 5.82 Å². The van der Waals surface area contributed by atoms with Gasteiger partial charge in [0.2, 0.25) is 5.91 Å². The van der Waals surface area contributed by atoms with Gasteiger partial charge in [0.05, 0.1) is 6.42 Å². The molecule has 5 nitrogen and oxygen atoms in total. The number of carbonyl (C=O) groups excluding carboxylic acids is 1. The predicted octanol–water partition coefficient (Wildman–Crippen LogP) is 3.40. The van der Waals surface area contributed by atoms with E-state index in [-0.39, 0.29) is 29.9 Å². The van der Waals surface area contributed by atoms with E-state index in [1.165, 1.54) is 18.6 Å². The van der Waals surface area contributed by atoms with Crippen molar-refractivity contribution in [3.8, 4) is 11.5 Å². The standard InChI is InChI=1S/C19H22N2O3/c22-16-10-9-14(12-17(16)23)13-19(24)21(15-6-2-1-3-7-15)18-8-4-5-11-20-18/h4-5,8-12,15,22-23H,1-3,6-7,13H2. The molecule has 126 valence electrons. The Morgan fingerprint density at radius 3 is 2.54 bits per heavy atom. The Morgan fingerprint density at radius 1 is 1.08 bits per heavy atom. The monoisotopic (exact) mass is 326 g/mol.